The van der Waals surface area contributed by atoms with Crippen LogP contribution in [0.2, 0.25) is 5.02 Å². The number of aliphatic hydroxyl groups is 1. The second kappa shape index (κ2) is 5.54. The minimum absolute atomic E-state index is 0.358. The van der Waals surface area contributed by atoms with E-state index in [1.165, 1.54) is 0 Å². The van der Waals surface area contributed by atoms with Gasteiger partial charge in [-0.2, -0.15) is 0 Å². The summed E-state index contributed by atoms with van der Waals surface area (Å²) < 4.78 is 11.6. The van der Waals surface area contributed by atoms with Gasteiger partial charge in [0.15, 0.2) is 0 Å². The van der Waals surface area contributed by atoms with Gasteiger partial charge in [0.05, 0.1) is 12.3 Å². The van der Waals surface area contributed by atoms with Gasteiger partial charge in [-0.25, -0.2) is 0 Å². The van der Waals surface area contributed by atoms with E-state index >= 15 is 0 Å². The van der Waals surface area contributed by atoms with Gasteiger partial charge in [-0.05, 0) is 24.6 Å². The second-order valence-electron chi connectivity index (χ2n) is 5.88. The molecule has 3 rings (SSSR count). The summed E-state index contributed by atoms with van der Waals surface area (Å²) in [6.07, 6.45) is 0.870. The minimum Gasteiger partial charge on any atom is -0.462 e. The van der Waals surface area contributed by atoms with Crippen molar-refractivity contribution in [3.05, 3.63) is 57.9 Å². The van der Waals surface area contributed by atoms with Gasteiger partial charge in [0.1, 0.15) is 11.9 Å². The fraction of sp³-hybridized carbons (Fsp3) is 0.353. The Kier molecular flexibility index (Phi) is 3.85. The highest BCUT2D eigenvalue weighted by Crippen LogP contribution is 2.38. The highest BCUT2D eigenvalue weighted by Gasteiger charge is 2.32. The Morgan fingerprint density at radius 3 is 2.64 bits per heavy atom. The summed E-state index contributed by atoms with van der Waals surface area (Å²) in [5, 5.41) is 11.3. The zero-order chi connectivity index (χ0) is 15.9. The molecular weight excluding hydrogens is 302 g/mol. The van der Waals surface area contributed by atoms with Crippen molar-refractivity contribution in [1.29, 1.82) is 0 Å². The molecule has 1 aromatic heterocycles. The topological polar surface area (TPSA) is 51.6 Å². The summed E-state index contributed by atoms with van der Waals surface area (Å²) in [6.45, 7) is 6.03. The first-order chi connectivity index (χ1) is 10.4. The third kappa shape index (κ3) is 2.82. The summed E-state index contributed by atoms with van der Waals surface area (Å²) in [5.41, 5.74) is 3.01. The Morgan fingerprint density at radius 2 is 1.95 bits per heavy atom. The van der Waals surface area contributed by atoms with Gasteiger partial charge in [0, 0.05) is 36.2 Å². The van der Waals surface area contributed by atoms with Crippen molar-refractivity contribution in [3.63, 3.8) is 0 Å². The summed E-state index contributed by atoms with van der Waals surface area (Å²) in [6, 6.07) is 7.07. The number of hydrogen-bond acceptors (Lipinski definition) is 4. The average Bonchev–Trinajstić information content (AvgIpc) is 2.48. The van der Waals surface area contributed by atoms with Crippen molar-refractivity contribution in [3.8, 4) is 5.75 Å². The maximum Gasteiger partial charge on any atom is 0.205 e. The molecule has 22 heavy (non-hydrogen) atoms. The SMILES string of the molecule is Cc1cnc(C(O)c2ccc(Cl)cc2)c2c1OC(C)(C)OC2. The maximum atomic E-state index is 10.6. The molecule has 5 heteroatoms. The summed E-state index contributed by atoms with van der Waals surface area (Å²) >= 11 is 5.89. The van der Waals surface area contributed by atoms with Crippen LogP contribution in [0.15, 0.2) is 30.5 Å². The van der Waals surface area contributed by atoms with Crippen LogP contribution in [0.4, 0.5) is 0 Å². The van der Waals surface area contributed by atoms with Crippen LogP contribution < -0.4 is 4.74 Å². The van der Waals surface area contributed by atoms with Gasteiger partial charge in [0.25, 0.3) is 0 Å². The quantitative estimate of drug-likeness (QED) is 0.915. The standard InChI is InChI=1S/C17H18ClNO3/c1-10-8-19-14(13-9-21-17(2,3)22-16(10)13)15(20)11-4-6-12(18)7-5-11/h4-8,15,20H,9H2,1-3H3. The molecule has 1 aliphatic rings. The molecule has 0 saturated heterocycles. The number of pyridine rings is 1. The van der Waals surface area contributed by atoms with Gasteiger partial charge in [-0.15, -0.1) is 0 Å². The highest BCUT2D eigenvalue weighted by atomic mass is 35.5. The maximum absolute atomic E-state index is 10.6. The van der Waals surface area contributed by atoms with Gasteiger partial charge in [-0.1, -0.05) is 23.7 Å². The molecule has 1 aliphatic heterocycles. The van der Waals surface area contributed by atoms with Crippen LogP contribution in [0.25, 0.3) is 0 Å². The first kappa shape index (κ1) is 15.3. The van der Waals surface area contributed by atoms with Crippen LogP contribution in [0.5, 0.6) is 5.75 Å². The van der Waals surface area contributed by atoms with Crippen LogP contribution in [-0.4, -0.2) is 15.9 Å². The van der Waals surface area contributed by atoms with E-state index in [0.29, 0.717) is 17.3 Å². The molecule has 2 aromatic rings. The van der Waals surface area contributed by atoms with E-state index in [9.17, 15) is 5.11 Å². The van der Waals surface area contributed by atoms with Crippen LogP contribution in [0.3, 0.4) is 0 Å². The Labute approximate surface area is 134 Å². The largest absolute Gasteiger partial charge is 0.462 e. The fourth-order valence-corrected chi connectivity index (χ4v) is 2.62. The molecule has 1 N–H and O–H groups in total. The molecular formula is C17H18ClNO3. The molecule has 4 nitrogen and oxygen atoms in total. The number of aryl methyl sites for hydroxylation is 1. The Morgan fingerprint density at radius 1 is 1.27 bits per heavy atom. The van der Waals surface area contributed by atoms with E-state index in [0.717, 1.165) is 22.4 Å². The lowest BCUT2D eigenvalue weighted by molar-refractivity contribution is -0.181. The molecule has 0 bridgehead atoms. The van der Waals surface area contributed by atoms with Crippen LogP contribution >= 0.6 is 11.6 Å². The lowest BCUT2D eigenvalue weighted by Crippen LogP contribution is -2.36. The summed E-state index contributed by atoms with van der Waals surface area (Å²) in [4.78, 5) is 4.40. The molecule has 1 aromatic carbocycles. The number of halogens is 1. The van der Waals surface area contributed by atoms with Crippen molar-refractivity contribution >= 4 is 11.6 Å². The molecule has 0 fully saturated rings. The Balaban J connectivity index is 2.03. The van der Waals surface area contributed by atoms with Crippen LogP contribution in [0, 0.1) is 6.92 Å². The van der Waals surface area contributed by atoms with E-state index < -0.39 is 11.9 Å². The van der Waals surface area contributed by atoms with Gasteiger partial charge < -0.3 is 14.6 Å². The van der Waals surface area contributed by atoms with Crippen LogP contribution in [-0.2, 0) is 11.3 Å². The van der Waals surface area contributed by atoms with Crippen molar-refractivity contribution in [1.82, 2.24) is 4.98 Å². The number of nitrogens with zero attached hydrogens (tertiary/aromatic N) is 1. The zero-order valence-corrected chi connectivity index (χ0v) is 13.5. The van der Waals surface area contributed by atoms with E-state index in [2.05, 4.69) is 4.98 Å². The second-order valence-corrected chi connectivity index (χ2v) is 6.32. The number of aliphatic hydroxyl groups excluding tert-OH is 1. The molecule has 0 amide bonds. The smallest absolute Gasteiger partial charge is 0.205 e. The Hall–Kier alpha value is -1.62. The number of ether oxygens (including phenoxy) is 2. The molecule has 1 atom stereocenters. The molecule has 0 spiro atoms. The van der Waals surface area contributed by atoms with E-state index in [4.69, 9.17) is 21.1 Å². The monoisotopic (exact) mass is 319 g/mol. The molecule has 116 valence electrons. The van der Waals surface area contributed by atoms with Crippen molar-refractivity contribution < 1.29 is 14.6 Å². The van der Waals surface area contributed by atoms with E-state index in [1.54, 1.807) is 30.5 Å². The lowest BCUT2D eigenvalue weighted by Gasteiger charge is -2.34. The third-order valence-corrected chi connectivity index (χ3v) is 3.95. The lowest BCUT2D eigenvalue weighted by atomic mass is 9.99. The normalized spacial score (nSPS) is 17.5. The molecule has 1 unspecified atom stereocenters. The van der Waals surface area contributed by atoms with Crippen molar-refractivity contribution in [2.75, 3.05) is 0 Å². The minimum atomic E-state index is -0.847. The number of rotatable bonds is 2. The summed E-state index contributed by atoms with van der Waals surface area (Å²) in [7, 11) is 0. The molecule has 2 heterocycles. The third-order valence-electron chi connectivity index (χ3n) is 3.70. The van der Waals surface area contributed by atoms with E-state index in [1.807, 2.05) is 20.8 Å². The highest BCUT2D eigenvalue weighted by molar-refractivity contribution is 6.30. The first-order valence-electron chi connectivity index (χ1n) is 7.12. The molecule has 0 radical (unpaired) electrons. The molecule has 0 aliphatic carbocycles. The number of benzene rings is 1. The van der Waals surface area contributed by atoms with Gasteiger partial charge >= 0.3 is 0 Å². The van der Waals surface area contributed by atoms with Gasteiger partial charge in [0.2, 0.25) is 5.79 Å². The van der Waals surface area contributed by atoms with Crippen molar-refractivity contribution in [2.45, 2.75) is 39.3 Å². The average molecular weight is 320 g/mol. The van der Waals surface area contributed by atoms with Gasteiger partial charge in [-0.3, -0.25) is 4.98 Å². The first-order valence-corrected chi connectivity index (χ1v) is 7.50. The number of hydrogen-bond donors (Lipinski definition) is 1. The van der Waals surface area contributed by atoms with Crippen LogP contribution in [0.1, 0.15) is 42.3 Å². The number of fused-ring (bicyclic) bond motifs is 1. The predicted octanol–water partition coefficient (Wildman–Crippen LogP) is 3.77. The molecule has 0 saturated carbocycles. The summed E-state index contributed by atoms with van der Waals surface area (Å²) in [5.74, 6) is 0.0657. The van der Waals surface area contributed by atoms with Crippen molar-refractivity contribution in [2.24, 2.45) is 0 Å². The Bertz CT molecular complexity index is 698. The number of aromatic nitrogens is 1. The zero-order valence-electron chi connectivity index (χ0n) is 12.8. The fourth-order valence-electron chi connectivity index (χ4n) is 2.50. The predicted molar refractivity (Wildman–Crippen MR) is 84.0 cm³/mol. The van der Waals surface area contributed by atoms with E-state index in [-0.39, 0.29) is 0 Å².